The molecule has 164 valence electrons. The zero-order chi connectivity index (χ0) is 22.5. The number of aliphatic imine (C=N–C) groups is 1. The van der Waals surface area contributed by atoms with Crippen LogP contribution in [0.5, 0.6) is 5.75 Å². The summed E-state index contributed by atoms with van der Waals surface area (Å²) in [6.45, 7) is 0.371. The maximum Gasteiger partial charge on any atom is 0.238 e. The fourth-order valence-corrected chi connectivity index (χ4v) is 4.87. The van der Waals surface area contributed by atoms with Crippen LogP contribution in [0.1, 0.15) is 11.3 Å². The third kappa shape index (κ3) is 5.35. The molecule has 6 nitrogen and oxygen atoms in total. The van der Waals surface area contributed by atoms with E-state index in [4.69, 9.17) is 4.74 Å². The number of amides is 2. The van der Waals surface area contributed by atoms with Gasteiger partial charge in [0.1, 0.15) is 16.8 Å². The molecule has 0 spiro atoms. The second kappa shape index (κ2) is 9.97. The molecule has 1 aromatic heterocycles. The van der Waals surface area contributed by atoms with Gasteiger partial charge in [-0.05, 0) is 60.0 Å². The van der Waals surface area contributed by atoms with Crippen LogP contribution < -0.4 is 10.1 Å². The Hall–Kier alpha value is -3.17. The third-order valence-corrected chi connectivity index (χ3v) is 6.78. The number of hydrogen-bond donors (Lipinski definition) is 1. The number of anilines is 1. The highest BCUT2D eigenvalue weighted by atomic mass is 32.2. The molecule has 0 saturated carbocycles. The fourth-order valence-electron chi connectivity index (χ4n) is 3.08. The van der Waals surface area contributed by atoms with Crippen LogP contribution in [-0.4, -0.2) is 34.2 Å². The predicted octanol–water partition coefficient (Wildman–Crippen LogP) is 5.06. The molecular formula is C23H20FN3O3S2. The first-order valence-corrected chi connectivity index (χ1v) is 11.6. The van der Waals surface area contributed by atoms with E-state index in [1.54, 1.807) is 47.6 Å². The average molecular weight is 470 g/mol. The smallest absolute Gasteiger partial charge is 0.238 e. The number of nitrogens with one attached hydrogen (secondary N) is 1. The van der Waals surface area contributed by atoms with E-state index in [2.05, 4.69) is 10.3 Å². The lowest BCUT2D eigenvalue weighted by molar-refractivity contribution is -0.129. The Labute approximate surface area is 193 Å². The Balaban J connectivity index is 1.56. The van der Waals surface area contributed by atoms with Gasteiger partial charge >= 0.3 is 0 Å². The minimum absolute atomic E-state index is 0.0560. The molecule has 2 amide bonds. The number of thioether (sulfide) groups is 1. The van der Waals surface area contributed by atoms with Gasteiger partial charge in [0.15, 0.2) is 5.17 Å². The van der Waals surface area contributed by atoms with Gasteiger partial charge in [-0.1, -0.05) is 17.8 Å². The maximum atomic E-state index is 13.3. The molecule has 1 fully saturated rings. The summed E-state index contributed by atoms with van der Waals surface area (Å²) in [4.78, 5) is 33.1. The summed E-state index contributed by atoms with van der Waals surface area (Å²) in [6, 6.07) is 16.5. The van der Waals surface area contributed by atoms with Crippen molar-refractivity contribution >= 4 is 51.5 Å². The van der Waals surface area contributed by atoms with Gasteiger partial charge in [0.2, 0.25) is 11.8 Å². The lowest BCUT2D eigenvalue weighted by Gasteiger charge is -2.31. The monoisotopic (exact) mass is 469 g/mol. The molecule has 2 heterocycles. The normalized spacial score (nSPS) is 17.4. The Kier molecular flexibility index (Phi) is 6.87. The summed E-state index contributed by atoms with van der Waals surface area (Å²) in [5.74, 6) is -0.152. The van der Waals surface area contributed by atoms with Crippen molar-refractivity contribution in [2.24, 2.45) is 4.99 Å². The molecule has 32 heavy (non-hydrogen) atoms. The molecular weight excluding hydrogens is 449 g/mol. The molecule has 0 radical (unpaired) electrons. The number of rotatable bonds is 6. The van der Waals surface area contributed by atoms with E-state index in [-0.39, 0.29) is 24.1 Å². The quantitative estimate of drug-likeness (QED) is 0.548. The molecule has 4 rings (SSSR count). The van der Waals surface area contributed by atoms with Gasteiger partial charge in [-0.3, -0.25) is 14.5 Å². The summed E-state index contributed by atoms with van der Waals surface area (Å²) < 4.78 is 18.4. The number of methoxy groups -OCH3 is 1. The molecule has 0 aliphatic carbocycles. The number of thiophene rings is 1. The number of amidine groups is 1. The predicted molar refractivity (Wildman–Crippen MR) is 126 cm³/mol. The van der Waals surface area contributed by atoms with Gasteiger partial charge in [0, 0.05) is 17.0 Å². The first-order valence-electron chi connectivity index (χ1n) is 9.80. The number of ether oxygens (including phenoxy) is 1. The summed E-state index contributed by atoms with van der Waals surface area (Å²) >= 11 is 2.77. The molecule has 1 aliphatic heterocycles. The highest BCUT2D eigenvalue weighted by molar-refractivity contribution is 8.15. The number of nitrogens with zero attached hydrogens (tertiary/aromatic N) is 2. The van der Waals surface area contributed by atoms with Gasteiger partial charge in [0.05, 0.1) is 19.3 Å². The number of hydrogen-bond acceptors (Lipinski definition) is 6. The van der Waals surface area contributed by atoms with Gasteiger partial charge in [-0.15, -0.1) is 11.3 Å². The van der Waals surface area contributed by atoms with Crippen molar-refractivity contribution in [3.8, 4) is 5.75 Å². The van der Waals surface area contributed by atoms with Gasteiger partial charge in [0.25, 0.3) is 0 Å². The van der Waals surface area contributed by atoms with Crippen molar-refractivity contribution in [1.29, 1.82) is 0 Å². The summed E-state index contributed by atoms with van der Waals surface area (Å²) in [6.07, 6.45) is 0.0560. The van der Waals surface area contributed by atoms with Crippen LogP contribution in [0.2, 0.25) is 0 Å². The van der Waals surface area contributed by atoms with Crippen LogP contribution in [-0.2, 0) is 16.1 Å². The molecule has 9 heteroatoms. The molecule has 2 aromatic carbocycles. The van der Waals surface area contributed by atoms with E-state index in [1.807, 2.05) is 17.5 Å². The first-order chi connectivity index (χ1) is 15.5. The van der Waals surface area contributed by atoms with Gasteiger partial charge in [-0.25, -0.2) is 9.38 Å². The second-order valence-corrected chi connectivity index (χ2v) is 9.16. The summed E-state index contributed by atoms with van der Waals surface area (Å²) in [7, 11) is 1.57. The minimum atomic E-state index is -0.636. The van der Waals surface area contributed by atoms with Gasteiger partial charge < -0.3 is 10.1 Å². The van der Waals surface area contributed by atoms with E-state index in [1.165, 1.54) is 36.0 Å². The first kappa shape index (κ1) is 22.0. The topological polar surface area (TPSA) is 71.0 Å². The molecule has 1 saturated heterocycles. The van der Waals surface area contributed by atoms with E-state index < -0.39 is 5.25 Å². The third-order valence-electron chi connectivity index (χ3n) is 4.74. The van der Waals surface area contributed by atoms with Crippen molar-refractivity contribution in [2.45, 2.75) is 18.2 Å². The molecule has 1 aliphatic rings. The van der Waals surface area contributed by atoms with E-state index in [0.717, 1.165) is 4.88 Å². The van der Waals surface area contributed by atoms with E-state index in [0.29, 0.717) is 28.8 Å². The second-order valence-electron chi connectivity index (χ2n) is 6.96. The number of benzene rings is 2. The zero-order valence-corrected chi connectivity index (χ0v) is 18.8. The van der Waals surface area contributed by atoms with Crippen LogP contribution in [0.3, 0.4) is 0 Å². The highest BCUT2D eigenvalue weighted by Crippen LogP contribution is 2.31. The Morgan fingerprint density at radius 2 is 1.94 bits per heavy atom. The van der Waals surface area contributed by atoms with E-state index in [9.17, 15) is 14.0 Å². The fraction of sp³-hybridized carbons (Fsp3) is 0.174. The van der Waals surface area contributed by atoms with Crippen molar-refractivity contribution in [3.05, 3.63) is 76.7 Å². The van der Waals surface area contributed by atoms with Crippen molar-refractivity contribution in [3.63, 3.8) is 0 Å². The lowest BCUT2D eigenvalue weighted by atomic mass is 10.2. The standard InChI is InChI=1S/C23H20FN3O3S2/c1-30-18-10-8-16(9-11-18)25-22(29)20-13-21(28)27(14-19-3-2-12-31-19)23(32-20)26-17-6-4-15(24)5-7-17/h2-12,20H,13-14H2,1H3,(H,25,29)/t20-/m0/s1. The number of halogens is 1. The largest absolute Gasteiger partial charge is 0.497 e. The zero-order valence-electron chi connectivity index (χ0n) is 17.2. The number of carbonyl (C=O) groups is 2. The van der Waals surface area contributed by atoms with Crippen LogP contribution in [0, 0.1) is 5.82 Å². The van der Waals surface area contributed by atoms with Crippen LogP contribution >= 0.6 is 23.1 Å². The Bertz CT molecular complexity index is 1120. The Morgan fingerprint density at radius 3 is 2.59 bits per heavy atom. The Morgan fingerprint density at radius 1 is 1.19 bits per heavy atom. The molecule has 1 N–H and O–H groups in total. The highest BCUT2D eigenvalue weighted by Gasteiger charge is 2.36. The molecule has 3 aromatic rings. The van der Waals surface area contributed by atoms with Crippen LogP contribution in [0.25, 0.3) is 0 Å². The number of carbonyl (C=O) groups excluding carboxylic acids is 2. The van der Waals surface area contributed by atoms with Crippen LogP contribution in [0.4, 0.5) is 15.8 Å². The maximum absolute atomic E-state index is 13.3. The minimum Gasteiger partial charge on any atom is -0.497 e. The molecule has 1 atom stereocenters. The lowest BCUT2D eigenvalue weighted by Crippen LogP contribution is -2.44. The van der Waals surface area contributed by atoms with E-state index >= 15 is 0 Å². The molecule has 0 bridgehead atoms. The van der Waals surface area contributed by atoms with Crippen molar-refractivity contribution in [2.75, 3.05) is 12.4 Å². The summed E-state index contributed by atoms with van der Waals surface area (Å²) in [5, 5.41) is 4.57. The van der Waals surface area contributed by atoms with Gasteiger partial charge in [-0.2, -0.15) is 0 Å². The summed E-state index contributed by atoms with van der Waals surface area (Å²) in [5.41, 5.74) is 1.12. The van der Waals surface area contributed by atoms with Crippen molar-refractivity contribution < 1.29 is 18.7 Å². The SMILES string of the molecule is COc1ccc(NC(=O)[C@@H]2CC(=O)N(Cc3cccs3)C(=Nc3ccc(F)cc3)S2)cc1. The van der Waals surface area contributed by atoms with Crippen molar-refractivity contribution in [1.82, 2.24) is 4.90 Å². The average Bonchev–Trinajstić information content (AvgIpc) is 3.31. The molecule has 0 unspecified atom stereocenters. The van der Waals surface area contributed by atoms with Crippen LogP contribution in [0.15, 0.2) is 71.0 Å².